The van der Waals surface area contributed by atoms with Crippen LogP contribution < -0.4 is 5.73 Å². The Kier molecular flexibility index (Phi) is 6.01. The summed E-state index contributed by atoms with van der Waals surface area (Å²) < 4.78 is 26.4. The van der Waals surface area contributed by atoms with Crippen molar-refractivity contribution in [3.8, 4) is 0 Å². The SMILES string of the molecule is Cl.NCC1CCCCN1S(=O)(=O)c1ncccc1Cl. The van der Waals surface area contributed by atoms with Gasteiger partial charge < -0.3 is 5.73 Å². The van der Waals surface area contributed by atoms with Gasteiger partial charge in [-0.15, -0.1) is 12.4 Å². The van der Waals surface area contributed by atoms with Crippen LogP contribution in [0.4, 0.5) is 0 Å². The number of nitrogens with two attached hydrogens (primary N) is 1. The molecule has 2 rings (SSSR count). The molecule has 2 N–H and O–H groups in total. The molecule has 2 heterocycles. The molecule has 19 heavy (non-hydrogen) atoms. The number of piperidine rings is 1. The fourth-order valence-electron chi connectivity index (χ4n) is 2.20. The first-order valence-corrected chi connectivity index (χ1v) is 7.71. The Bertz CT molecular complexity index is 524. The van der Waals surface area contributed by atoms with Crippen molar-refractivity contribution in [1.82, 2.24) is 9.29 Å². The number of hydrogen-bond donors (Lipinski definition) is 1. The Hall–Kier alpha value is -0.400. The number of rotatable bonds is 3. The van der Waals surface area contributed by atoms with Gasteiger partial charge in [0.2, 0.25) is 0 Å². The Morgan fingerprint density at radius 3 is 2.84 bits per heavy atom. The summed E-state index contributed by atoms with van der Waals surface area (Å²) in [6.45, 7) is 0.806. The van der Waals surface area contributed by atoms with Crippen LogP contribution in [0.25, 0.3) is 0 Å². The van der Waals surface area contributed by atoms with E-state index in [4.69, 9.17) is 17.3 Å². The second-order valence-corrected chi connectivity index (χ2v) is 6.50. The number of halogens is 2. The standard InChI is InChI=1S/C11H16ClN3O2S.ClH/c12-10-5-3-6-14-11(10)18(16,17)15-7-2-1-4-9(15)8-13;/h3,5-6,9H,1-2,4,7-8,13H2;1H. The van der Waals surface area contributed by atoms with Crippen LogP contribution in [-0.4, -0.2) is 36.8 Å². The average molecular weight is 326 g/mol. The molecule has 1 aliphatic rings. The molecule has 1 fully saturated rings. The molecule has 1 unspecified atom stereocenters. The third-order valence-corrected chi connectivity index (χ3v) is 5.45. The first-order valence-electron chi connectivity index (χ1n) is 5.90. The summed E-state index contributed by atoms with van der Waals surface area (Å²) in [6, 6.07) is 2.99. The van der Waals surface area contributed by atoms with Crippen LogP contribution in [0, 0.1) is 0 Å². The summed E-state index contributed by atoms with van der Waals surface area (Å²) in [7, 11) is -3.64. The van der Waals surface area contributed by atoms with Gasteiger partial charge in [0.15, 0.2) is 5.03 Å². The number of aromatic nitrogens is 1. The smallest absolute Gasteiger partial charge is 0.262 e. The maximum Gasteiger partial charge on any atom is 0.262 e. The average Bonchev–Trinajstić information content (AvgIpc) is 2.39. The third kappa shape index (κ3) is 3.38. The van der Waals surface area contributed by atoms with Crippen LogP contribution in [0.15, 0.2) is 23.4 Å². The molecule has 0 bridgehead atoms. The van der Waals surface area contributed by atoms with Crippen molar-refractivity contribution < 1.29 is 8.42 Å². The highest BCUT2D eigenvalue weighted by Gasteiger charge is 2.34. The van der Waals surface area contributed by atoms with Crippen molar-refractivity contribution >= 4 is 34.0 Å². The van der Waals surface area contributed by atoms with E-state index in [1.165, 1.54) is 16.6 Å². The maximum absolute atomic E-state index is 12.5. The second kappa shape index (κ2) is 6.85. The molecule has 0 amide bonds. The summed E-state index contributed by atoms with van der Waals surface area (Å²) in [5, 5.41) is 0.0749. The Morgan fingerprint density at radius 2 is 2.21 bits per heavy atom. The molecule has 0 spiro atoms. The van der Waals surface area contributed by atoms with Crippen LogP contribution in [0.3, 0.4) is 0 Å². The van der Waals surface area contributed by atoms with E-state index in [9.17, 15) is 8.42 Å². The van der Waals surface area contributed by atoms with Crippen LogP contribution in [0.1, 0.15) is 19.3 Å². The highest BCUT2D eigenvalue weighted by molar-refractivity contribution is 7.89. The van der Waals surface area contributed by atoms with Crippen molar-refractivity contribution in [1.29, 1.82) is 0 Å². The van der Waals surface area contributed by atoms with E-state index in [-0.39, 0.29) is 28.5 Å². The van der Waals surface area contributed by atoms with Gasteiger partial charge in [-0.3, -0.25) is 0 Å². The van der Waals surface area contributed by atoms with Gasteiger partial charge in [0.05, 0.1) is 5.02 Å². The van der Waals surface area contributed by atoms with Gasteiger partial charge in [0.1, 0.15) is 0 Å². The van der Waals surface area contributed by atoms with Crippen LogP contribution >= 0.6 is 24.0 Å². The number of sulfonamides is 1. The van der Waals surface area contributed by atoms with Crippen molar-refractivity contribution in [3.05, 3.63) is 23.4 Å². The van der Waals surface area contributed by atoms with Gasteiger partial charge >= 0.3 is 0 Å². The molecule has 1 aliphatic heterocycles. The second-order valence-electron chi connectivity index (χ2n) is 4.29. The monoisotopic (exact) mass is 325 g/mol. The molecule has 5 nitrogen and oxygen atoms in total. The minimum Gasteiger partial charge on any atom is -0.329 e. The number of hydrogen-bond acceptors (Lipinski definition) is 4. The Labute approximate surface area is 124 Å². The molecule has 1 saturated heterocycles. The maximum atomic E-state index is 12.5. The van der Waals surface area contributed by atoms with E-state index >= 15 is 0 Å². The lowest BCUT2D eigenvalue weighted by molar-refractivity contribution is 0.257. The normalized spacial score (nSPS) is 20.8. The van der Waals surface area contributed by atoms with Crippen molar-refractivity contribution in [3.63, 3.8) is 0 Å². The van der Waals surface area contributed by atoms with Gasteiger partial charge in [-0.2, -0.15) is 4.31 Å². The van der Waals surface area contributed by atoms with Crippen molar-refractivity contribution in [2.24, 2.45) is 5.73 Å². The molecule has 1 atom stereocenters. The van der Waals surface area contributed by atoms with E-state index in [1.807, 2.05) is 0 Å². The van der Waals surface area contributed by atoms with Gasteiger partial charge in [0.25, 0.3) is 10.0 Å². The van der Waals surface area contributed by atoms with E-state index in [1.54, 1.807) is 6.07 Å². The highest BCUT2D eigenvalue weighted by Crippen LogP contribution is 2.27. The Morgan fingerprint density at radius 1 is 1.47 bits per heavy atom. The summed E-state index contributed by atoms with van der Waals surface area (Å²) in [5.41, 5.74) is 5.65. The number of nitrogens with zero attached hydrogens (tertiary/aromatic N) is 2. The highest BCUT2D eigenvalue weighted by atomic mass is 35.5. The lowest BCUT2D eigenvalue weighted by Crippen LogP contribution is -2.47. The van der Waals surface area contributed by atoms with E-state index in [0.717, 1.165) is 19.3 Å². The van der Waals surface area contributed by atoms with Crippen LogP contribution in [-0.2, 0) is 10.0 Å². The van der Waals surface area contributed by atoms with E-state index in [0.29, 0.717) is 13.1 Å². The molecule has 1 aromatic rings. The first kappa shape index (κ1) is 16.7. The predicted octanol–water partition coefficient (Wildman–Crippen LogP) is 1.66. The summed E-state index contributed by atoms with van der Waals surface area (Å²) in [4.78, 5) is 3.89. The molecule has 108 valence electrons. The summed E-state index contributed by atoms with van der Waals surface area (Å²) in [5.74, 6) is 0. The quantitative estimate of drug-likeness (QED) is 0.916. The Balaban J connectivity index is 0.00000180. The van der Waals surface area contributed by atoms with Gasteiger partial charge in [-0.25, -0.2) is 13.4 Å². The molecule has 0 radical (unpaired) electrons. The summed E-state index contributed by atoms with van der Waals surface area (Å²) in [6.07, 6.45) is 4.07. The van der Waals surface area contributed by atoms with Crippen molar-refractivity contribution in [2.45, 2.75) is 30.3 Å². The third-order valence-electron chi connectivity index (χ3n) is 3.12. The lowest BCUT2D eigenvalue weighted by Gasteiger charge is -2.33. The summed E-state index contributed by atoms with van der Waals surface area (Å²) >= 11 is 5.92. The molecule has 0 aliphatic carbocycles. The van der Waals surface area contributed by atoms with Gasteiger partial charge in [-0.1, -0.05) is 18.0 Å². The minimum atomic E-state index is -3.64. The largest absolute Gasteiger partial charge is 0.329 e. The molecule has 0 saturated carbocycles. The molecule has 0 aromatic carbocycles. The minimum absolute atomic E-state index is 0. The van der Waals surface area contributed by atoms with E-state index < -0.39 is 10.0 Å². The topological polar surface area (TPSA) is 76.3 Å². The molecule has 8 heteroatoms. The first-order chi connectivity index (χ1) is 8.57. The fourth-order valence-corrected chi connectivity index (χ4v) is 4.30. The lowest BCUT2D eigenvalue weighted by atomic mass is 10.1. The predicted molar refractivity (Wildman–Crippen MR) is 77.1 cm³/mol. The molecular weight excluding hydrogens is 309 g/mol. The molecule has 1 aromatic heterocycles. The number of pyridine rings is 1. The van der Waals surface area contributed by atoms with E-state index in [2.05, 4.69) is 4.98 Å². The van der Waals surface area contributed by atoms with Crippen LogP contribution in [0.5, 0.6) is 0 Å². The zero-order chi connectivity index (χ0) is 13.2. The van der Waals surface area contributed by atoms with Crippen LogP contribution in [0.2, 0.25) is 5.02 Å². The molecular formula is C11H17Cl2N3O2S. The zero-order valence-corrected chi connectivity index (χ0v) is 12.7. The van der Waals surface area contributed by atoms with Gasteiger partial charge in [0, 0.05) is 25.3 Å². The zero-order valence-electron chi connectivity index (χ0n) is 10.3. The van der Waals surface area contributed by atoms with Crippen molar-refractivity contribution in [2.75, 3.05) is 13.1 Å². The fraction of sp³-hybridized carbons (Fsp3) is 0.545. The van der Waals surface area contributed by atoms with Gasteiger partial charge in [-0.05, 0) is 25.0 Å².